The van der Waals surface area contributed by atoms with Gasteiger partial charge in [-0.2, -0.15) is 13.2 Å². The molecule has 0 aliphatic rings. The molecule has 0 aromatic heterocycles. The van der Waals surface area contributed by atoms with Crippen molar-refractivity contribution in [3.8, 4) is 5.75 Å². The van der Waals surface area contributed by atoms with E-state index in [9.17, 15) is 17.6 Å². The highest BCUT2D eigenvalue weighted by Crippen LogP contribution is 2.30. The summed E-state index contributed by atoms with van der Waals surface area (Å²) in [6, 6.07) is 1.34. The van der Waals surface area contributed by atoms with Gasteiger partial charge in [-0.25, -0.2) is 4.39 Å². The first-order valence-corrected chi connectivity index (χ1v) is 4.61. The van der Waals surface area contributed by atoms with Gasteiger partial charge in [-0.1, -0.05) is 6.07 Å². The van der Waals surface area contributed by atoms with Crippen molar-refractivity contribution in [2.75, 3.05) is 7.11 Å². The van der Waals surface area contributed by atoms with Crippen LogP contribution in [0.25, 0.3) is 0 Å². The number of halogens is 4. The molecule has 1 aromatic rings. The Morgan fingerprint density at radius 3 is 2.35 bits per heavy atom. The van der Waals surface area contributed by atoms with E-state index >= 15 is 0 Å². The minimum Gasteiger partial charge on any atom is -0.497 e. The maximum Gasteiger partial charge on any atom is 0.416 e. The molecular weight excluding hydrogens is 242 g/mol. The van der Waals surface area contributed by atoms with E-state index in [-0.39, 0.29) is 5.75 Å². The first kappa shape index (κ1) is 13.7. The van der Waals surface area contributed by atoms with Crippen LogP contribution in [0.4, 0.5) is 17.6 Å². The highest BCUT2D eigenvalue weighted by atomic mass is 19.4. The van der Waals surface area contributed by atoms with Crippen molar-refractivity contribution < 1.29 is 27.4 Å². The Morgan fingerprint density at radius 2 is 1.94 bits per heavy atom. The fourth-order valence-corrected chi connectivity index (χ4v) is 1.28. The number of hydrogen-bond acceptors (Lipinski definition) is 3. The predicted molar refractivity (Wildman–Crippen MR) is 51.9 cm³/mol. The normalized spacial score (nSPS) is 15.5. The zero-order chi connectivity index (χ0) is 13.2. The Kier molecular flexibility index (Phi) is 3.94. The minimum atomic E-state index is -4.90. The zero-order valence-corrected chi connectivity index (χ0v) is 8.83. The van der Waals surface area contributed by atoms with Gasteiger partial charge in [0.25, 0.3) is 0 Å². The largest absolute Gasteiger partial charge is 0.497 e. The topological polar surface area (TPSA) is 55.5 Å². The van der Waals surface area contributed by atoms with E-state index in [1.807, 2.05) is 0 Å². The van der Waals surface area contributed by atoms with Crippen molar-refractivity contribution in [3.05, 3.63) is 29.6 Å². The van der Waals surface area contributed by atoms with E-state index in [0.29, 0.717) is 0 Å². The lowest BCUT2D eigenvalue weighted by molar-refractivity contribution is -0.210. The number of benzene rings is 1. The summed E-state index contributed by atoms with van der Waals surface area (Å²) in [5, 5.41) is 8.91. The summed E-state index contributed by atoms with van der Waals surface area (Å²) in [5.41, 5.74) is 4.75. The molecule has 0 spiro atoms. The van der Waals surface area contributed by atoms with Crippen LogP contribution in [-0.4, -0.2) is 24.5 Å². The van der Waals surface area contributed by atoms with Crippen LogP contribution < -0.4 is 10.5 Å². The number of nitrogens with two attached hydrogens (primary N) is 1. The van der Waals surface area contributed by atoms with Gasteiger partial charge < -0.3 is 15.6 Å². The first-order chi connectivity index (χ1) is 7.77. The van der Waals surface area contributed by atoms with Crippen LogP contribution in [0.15, 0.2) is 18.2 Å². The maximum atomic E-state index is 13.4. The Hall–Kier alpha value is -1.34. The summed E-state index contributed by atoms with van der Waals surface area (Å²) in [4.78, 5) is 0. The van der Waals surface area contributed by atoms with E-state index in [1.165, 1.54) is 13.2 Å². The molecule has 0 fully saturated rings. The van der Waals surface area contributed by atoms with Crippen molar-refractivity contribution >= 4 is 0 Å². The quantitative estimate of drug-likeness (QED) is 0.807. The SMILES string of the molecule is COc1ccc([C@@H](N)[C@@H](O)C(F)(F)F)c(F)c1. The molecular formula is C10H11F4NO2. The number of aliphatic hydroxyl groups excluding tert-OH is 1. The molecule has 0 saturated heterocycles. The van der Waals surface area contributed by atoms with Crippen LogP contribution in [0.1, 0.15) is 11.6 Å². The van der Waals surface area contributed by atoms with Gasteiger partial charge in [0.2, 0.25) is 0 Å². The van der Waals surface area contributed by atoms with Crippen LogP contribution in [-0.2, 0) is 0 Å². The van der Waals surface area contributed by atoms with Gasteiger partial charge in [0, 0.05) is 11.6 Å². The third-order valence-corrected chi connectivity index (χ3v) is 2.24. The molecule has 17 heavy (non-hydrogen) atoms. The van der Waals surface area contributed by atoms with Gasteiger partial charge >= 0.3 is 6.18 Å². The van der Waals surface area contributed by atoms with Gasteiger partial charge in [-0.15, -0.1) is 0 Å². The van der Waals surface area contributed by atoms with Crippen LogP contribution >= 0.6 is 0 Å². The van der Waals surface area contributed by atoms with Crippen molar-refractivity contribution in [2.45, 2.75) is 18.3 Å². The Balaban J connectivity index is 3.01. The highest BCUT2D eigenvalue weighted by Gasteiger charge is 2.43. The molecule has 0 heterocycles. The molecule has 0 saturated carbocycles. The predicted octanol–water partition coefficient (Wildman–Crippen LogP) is 1.76. The second-order valence-corrected chi connectivity index (χ2v) is 3.40. The molecule has 0 bridgehead atoms. The summed E-state index contributed by atoms with van der Waals surface area (Å²) in [6.07, 6.45) is -7.71. The Labute approximate surface area is 94.8 Å². The van der Waals surface area contributed by atoms with Crippen LogP contribution in [0.2, 0.25) is 0 Å². The smallest absolute Gasteiger partial charge is 0.416 e. The first-order valence-electron chi connectivity index (χ1n) is 4.61. The van der Waals surface area contributed by atoms with E-state index in [0.717, 1.165) is 12.1 Å². The zero-order valence-electron chi connectivity index (χ0n) is 8.83. The summed E-state index contributed by atoms with van der Waals surface area (Å²) in [6.45, 7) is 0. The fraction of sp³-hybridized carbons (Fsp3) is 0.400. The molecule has 3 nitrogen and oxygen atoms in total. The molecule has 0 amide bonds. The van der Waals surface area contributed by atoms with E-state index in [2.05, 4.69) is 0 Å². The Morgan fingerprint density at radius 1 is 1.35 bits per heavy atom. The number of alkyl halides is 3. The van der Waals surface area contributed by atoms with E-state index in [1.54, 1.807) is 0 Å². The van der Waals surface area contributed by atoms with Crippen LogP contribution in [0.3, 0.4) is 0 Å². The molecule has 0 aliphatic heterocycles. The van der Waals surface area contributed by atoms with Gasteiger partial charge in [0.15, 0.2) is 6.10 Å². The lowest BCUT2D eigenvalue weighted by Crippen LogP contribution is -2.39. The summed E-state index contributed by atoms with van der Waals surface area (Å²) >= 11 is 0. The third-order valence-electron chi connectivity index (χ3n) is 2.24. The lowest BCUT2D eigenvalue weighted by atomic mass is 10.0. The standard InChI is InChI=1S/C10H11F4NO2/c1-17-5-2-3-6(7(11)4-5)8(15)9(16)10(12,13)14/h2-4,8-9,16H,15H2,1H3/t8-,9-/m1/s1. The number of ether oxygens (including phenoxy) is 1. The van der Waals surface area contributed by atoms with Gasteiger partial charge in [0.05, 0.1) is 13.2 Å². The van der Waals surface area contributed by atoms with Gasteiger partial charge in [-0.05, 0) is 6.07 Å². The second-order valence-electron chi connectivity index (χ2n) is 3.40. The number of rotatable bonds is 3. The summed E-state index contributed by atoms with van der Waals surface area (Å²) in [7, 11) is 1.29. The molecule has 1 aromatic carbocycles. The van der Waals surface area contributed by atoms with Crippen molar-refractivity contribution in [2.24, 2.45) is 5.73 Å². The van der Waals surface area contributed by atoms with Crippen molar-refractivity contribution in [1.29, 1.82) is 0 Å². The molecule has 96 valence electrons. The number of hydrogen-bond donors (Lipinski definition) is 2. The summed E-state index contributed by atoms with van der Waals surface area (Å²) in [5.74, 6) is -0.805. The summed E-state index contributed by atoms with van der Waals surface area (Å²) < 4.78 is 54.6. The van der Waals surface area contributed by atoms with Crippen molar-refractivity contribution in [1.82, 2.24) is 0 Å². The molecule has 7 heteroatoms. The lowest BCUT2D eigenvalue weighted by Gasteiger charge is -2.22. The average Bonchev–Trinajstić information content (AvgIpc) is 2.25. The van der Waals surface area contributed by atoms with Crippen molar-refractivity contribution in [3.63, 3.8) is 0 Å². The second kappa shape index (κ2) is 4.89. The van der Waals surface area contributed by atoms with Gasteiger partial charge in [0.1, 0.15) is 11.6 Å². The molecule has 2 atom stereocenters. The molecule has 1 rings (SSSR count). The third kappa shape index (κ3) is 3.07. The van der Waals surface area contributed by atoms with Gasteiger partial charge in [-0.3, -0.25) is 0 Å². The number of methoxy groups -OCH3 is 1. The van der Waals surface area contributed by atoms with Crippen LogP contribution in [0, 0.1) is 5.82 Å². The molecule has 3 N–H and O–H groups in total. The monoisotopic (exact) mass is 253 g/mol. The molecule has 0 radical (unpaired) electrons. The minimum absolute atomic E-state index is 0.153. The molecule has 0 aliphatic carbocycles. The van der Waals surface area contributed by atoms with E-state index in [4.69, 9.17) is 15.6 Å². The molecule has 0 unspecified atom stereocenters. The highest BCUT2D eigenvalue weighted by molar-refractivity contribution is 5.31. The fourth-order valence-electron chi connectivity index (χ4n) is 1.28. The number of aliphatic hydroxyl groups is 1. The Bertz CT molecular complexity index is 394. The van der Waals surface area contributed by atoms with E-state index < -0.39 is 29.7 Å². The maximum absolute atomic E-state index is 13.4. The van der Waals surface area contributed by atoms with Crippen LogP contribution in [0.5, 0.6) is 5.75 Å². The average molecular weight is 253 g/mol.